The molecule has 7 nitrogen and oxygen atoms in total. The number of hydrogen-bond acceptors (Lipinski definition) is 4. The maximum Gasteiger partial charge on any atom is 0.223 e. The van der Waals surface area contributed by atoms with E-state index in [0.29, 0.717) is 32.6 Å². The van der Waals surface area contributed by atoms with Gasteiger partial charge in [0, 0.05) is 50.5 Å². The molecule has 2 aliphatic heterocycles. The Kier molecular flexibility index (Phi) is 5.54. The minimum atomic E-state index is -0.449. The predicted octanol–water partition coefficient (Wildman–Crippen LogP) is 1.08. The molecule has 1 spiro atoms. The summed E-state index contributed by atoms with van der Waals surface area (Å²) in [5.74, 6) is -0.315. The van der Waals surface area contributed by atoms with E-state index in [1.165, 1.54) is 0 Å². The fourth-order valence-electron chi connectivity index (χ4n) is 4.08. The van der Waals surface area contributed by atoms with E-state index >= 15 is 0 Å². The van der Waals surface area contributed by atoms with E-state index in [1.807, 2.05) is 28.0 Å². The summed E-state index contributed by atoms with van der Waals surface area (Å²) in [5.41, 5.74) is 5.98. The van der Waals surface area contributed by atoms with Crippen LogP contribution in [0.3, 0.4) is 0 Å². The minimum absolute atomic E-state index is 0.0175. The van der Waals surface area contributed by atoms with Crippen molar-refractivity contribution in [3.8, 4) is 0 Å². The van der Waals surface area contributed by atoms with Gasteiger partial charge in [-0.25, -0.2) is 0 Å². The third-order valence-corrected chi connectivity index (χ3v) is 5.43. The maximum atomic E-state index is 12.4. The molecule has 1 atom stereocenters. The second-order valence-electron chi connectivity index (χ2n) is 7.46. The van der Waals surface area contributed by atoms with Gasteiger partial charge in [-0.05, 0) is 31.4 Å². The quantitative estimate of drug-likeness (QED) is 0.852. The van der Waals surface area contributed by atoms with Gasteiger partial charge in [-0.2, -0.15) is 0 Å². The lowest BCUT2D eigenvalue weighted by molar-refractivity contribution is -0.144. The molecule has 2 fully saturated rings. The van der Waals surface area contributed by atoms with Crippen molar-refractivity contribution in [3.05, 3.63) is 30.1 Å². The van der Waals surface area contributed by atoms with Crippen LogP contribution in [0.4, 0.5) is 0 Å². The molecular weight excluding hydrogens is 332 g/mol. The number of rotatable bonds is 5. The monoisotopic (exact) mass is 358 g/mol. The summed E-state index contributed by atoms with van der Waals surface area (Å²) >= 11 is 0. The van der Waals surface area contributed by atoms with Gasteiger partial charge in [0.25, 0.3) is 0 Å². The zero-order chi connectivity index (χ0) is 18.6. The number of nitrogens with zero attached hydrogens (tertiary/aromatic N) is 3. The van der Waals surface area contributed by atoms with Gasteiger partial charge >= 0.3 is 0 Å². The molecule has 0 bridgehead atoms. The normalized spacial score (nSPS) is 23.3. The second-order valence-corrected chi connectivity index (χ2v) is 7.46. The molecule has 3 heterocycles. The Bertz CT molecular complexity index is 679. The molecule has 0 aromatic carbocycles. The standard InChI is InChI=1S/C19H26N4O3/c20-16(24)5-6-17(25)22-11-3-8-19(13-22)9-7-18(26)23(14-19)12-15-4-1-2-10-21-15/h1-2,4,10H,3,5-9,11-14H2,(H2,20,24). The van der Waals surface area contributed by atoms with Gasteiger partial charge in [-0.15, -0.1) is 0 Å². The minimum Gasteiger partial charge on any atom is -0.370 e. The Labute approximate surface area is 153 Å². The zero-order valence-electron chi connectivity index (χ0n) is 15.0. The van der Waals surface area contributed by atoms with Gasteiger partial charge in [0.05, 0.1) is 12.2 Å². The van der Waals surface area contributed by atoms with Crippen LogP contribution < -0.4 is 5.73 Å². The Balaban J connectivity index is 1.65. The second kappa shape index (κ2) is 7.85. The van der Waals surface area contributed by atoms with Crippen LogP contribution in [-0.2, 0) is 20.9 Å². The lowest BCUT2D eigenvalue weighted by atomic mass is 9.73. The molecule has 26 heavy (non-hydrogen) atoms. The SMILES string of the molecule is NC(=O)CCC(=O)N1CCCC2(CCC(=O)N(Cc3ccccn3)C2)C1. The van der Waals surface area contributed by atoms with E-state index in [2.05, 4.69) is 4.98 Å². The first-order valence-corrected chi connectivity index (χ1v) is 9.21. The lowest BCUT2D eigenvalue weighted by Gasteiger charge is -2.48. The van der Waals surface area contributed by atoms with E-state index in [0.717, 1.165) is 25.0 Å². The summed E-state index contributed by atoms with van der Waals surface area (Å²) in [6.07, 6.45) is 5.25. The summed E-state index contributed by atoms with van der Waals surface area (Å²) in [7, 11) is 0. The van der Waals surface area contributed by atoms with Gasteiger partial charge in [-0.1, -0.05) is 6.07 Å². The summed E-state index contributed by atoms with van der Waals surface area (Å²) in [6, 6.07) is 5.71. The van der Waals surface area contributed by atoms with Crippen LogP contribution in [0.2, 0.25) is 0 Å². The third-order valence-electron chi connectivity index (χ3n) is 5.43. The van der Waals surface area contributed by atoms with Crippen LogP contribution in [0.1, 0.15) is 44.2 Å². The maximum absolute atomic E-state index is 12.4. The number of carbonyl (C=O) groups excluding carboxylic acids is 3. The Morgan fingerprint density at radius 2 is 2.04 bits per heavy atom. The number of piperidine rings is 2. The highest BCUT2D eigenvalue weighted by Gasteiger charge is 2.42. The number of carbonyl (C=O) groups is 3. The number of nitrogens with two attached hydrogens (primary N) is 1. The number of pyridine rings is 1. The first kappa shape index (κ1) is 18.4. The molecule has 1 aromatic rings. The predicted molar refractivity (Wildman–Crippen MR) is 95.6 cm³/mol. The molecule has 1 aromatic heterocycles. The molecular formula is C19H26N4O3. The van der Waals surface area contributed by atoms with Crippen LogP contribution in [-0.4, -0.2) is 52.1 Å². The van der Waals surface area contributed by atoms with Crippen molar-refractivity contribution >= 4 is 17.7 Å². The molecule has 2 aliphatic rings. The summed E-state index contributed by atoms with van der Waals surface area (Å²) < 4.78 is 0. The largest absolute Gasteiger partial charge is 0.370 e. The highest BCUT2D eigenvalue weighted by Crippen LogP contribution is 2.39. The molecule has 2 N–H and O–H groups in total. The molecule has 2 saturated heterocycles. The first-order valence-electron chi connectivity index (χ1n) is 9.21. The van der Waals surface area contributed by atoms with Crippen molar-refractivity contribution in [2.75, 3.05) is 19.6 Å². The van der Waals surface area contributed by atoms with Crippen molar-refractivity contribution in [1.29, 1.82) is 0 Å². The van der Waals surface area contributed by atoms with Crippen LogP contribution in [0.25, 0.3) is 0 Å². The van der Waals surface area contributed by atoms with E-state index in [4.69, 9.17) is 5.73 Å². The van der Waals surface area contributed by atoms with E-state index in [9.17, 15) is 14.4 Å². The Morgan fingerprint density at radius 1 is 1.19 bits per heavy atom. The van der Waals surface area contributed by atoms with Gasteiger partial charge in [-0.3, -0.25) is 19.4 Å². The molecule has 0 saturated carbocycles. The summed E-state index contributed by atoms with van der Waals surface area (Å²) in [6.45, 7) is 2.53. The van der Waals surface area contributed by atoms with Crippen molar-refractivity contribution in [2.45, 2.75) is 45.1 Å². The van der Waals surface area contributed by atoms with E-state index < -0.39 is 5.91 Å². The van der Waals surface area contributed by atoms with E-state index in [-0.39, 0.29) is 30.1 Å². The van der Waals surface area contributed by atoms with Crippen molar-refractivity contribution < 1.29 is 14.4 Å². The average Bonchev–Trinajstić information content (AvgIpc) is 2.64. The number of hydrogen-bond donors (Lipinski definition) is 1. The highest BCUT2D eigenvalue weighted by molar-refractivity contribution is 5.83. The average molecular weight is 358 g/mol. The summed E-state index contributed by atoms with van der Waals surface area (Å²) in [4.78, 5) is 43.8. The smallest absolute Gasteiger partial charge is 0.223 e. The molecule has 3 amide bonds. The highest BCUT2D eigenvalue weighted by atomic mass is 16.2. The van der Waals surface area contributed by atoms with Crippen LogP contribution in [0.5, 0.6) is 0 Å². The fourth-order valence-corrected chi connectivity index (χ4v) is 4.08. The van der Waals surface area contributed by atoms with Gasteiger partial charge in [0.1, 0.15) is 0 Å². The summed E-state index contributed by atoms with van der Waals surface area (Å²) in [5, 5.41) is 0. The fraction of sp³-hybridized carbons (Fsp3) is 0.579. The lowest BCUT2D eigenvalue weighted by Crippen LogP contribution is -2.54. The van der Waals surface area contributed by atoms with Crippen molar-refractivity contribution in [2.24, 2.45) is 11.1 Å². The molecule has 140 valence electrons. The number of likely N-dealkylation sites (tertiary alicyclic amines) is 2. The van der Waals surface area contributed by atoms with E-state index in [1.54, 1.807) is 6.20 Å². The zero-order valence-corrected chi connectivity index (χ0v) is 15.0. The number of primary amides is 1. The Hall–Kier alpha value is -2.44. The molecule has 0 radical (unpaired) electrons. The molecule has 0 aliphatic carbocycles. The third kappa shape index (κ3) is 4.39. The Morgan fingerprint density at radius 3 is 2.77 bits per heavy atom. The molecule has 7 heteroatoms. The van der Waals surface area contributed by atoms with Crippen LogP contribution in [0, 0.1) is 5.41 Å². The number of amides is 3. The topological polar surface area (TPSA) is 96.6 Å². The molecule has 1 unspecified atom stereocenters. The van der Waals surface area contributed by atoms with Gasteiger partial charge < -0.3 is 15.5 Å². The number of aromatic nitrogens is 1. The van der Waals surface area contributed by atoms with Crippen LogP contribution in [0.15, 0.2) is 24.4 Å². The van der Waals surface area contributed by atoms with Crippen LogP contribution >= 0.6 is 0 Å². The van der Waals surface area contributed by atoms with Crippen molar-refractivity contribution in [3.63, 3.8) is 0 Å². The van der Waals surface area contributed by atoms with Gasteiger partial charge in [0.2, 0.25) is 17.7 Å². The van der Waals surface area contributed by atoms with Crippen molar-refractivity contribution in [1.82, 2.24) is 14.8 Å². The molecule has 3 rings (SSSR count). The van der Waals surface area contributed by atoms with Gasteiger partial charge in [0.15, 0.2) is 0 Å². The first-order chi connectivity index (χ1) is 12.5.